The van der Waals surface area contributed by atoms with Gasteiger partial charge >= 0.3 is 0 Å². The highest BCUT2D eigenvalue weighted by Crippen LogP contribution is 2.19. The molecule has 112 valence electrons. The Bertz CT molecular complexity index is 408. The van der Waals surface area contributed by atoms with E-state index < -0.39 is 0 Å². The molecule has 1 aromatic heterocycles. The Labute approximate surface area is 124 Å². The second-order valence-corrected chi connectivity index (χ2v) is 6.44. The summed E-state index contributed by atoms with van der Waals surface area (Å²) in [7, 11) is 0. The third-order valence-electron chi connectivity index (χ3n) is 3.90. The van der Waals surface area contributed by atoms with Gasteiger partial charge in [-0.15, -0.1) is 11.3 Å². The van der Waals surface area contributed by atoms with Crippen LogP contribution in [0.1, 0.15) is 43.5 Å². The molecule has 2 rings (SSSR count). The van der Waals surface area contributed by atoms with Crippen LogP contribution in [-0.2, 0) is 4.79 Å². The van der Waals surface area contributed by atoms with Crippen molar-refractivity contribution in [1.29, 1.82) is 0 Å². The molecule has 20 heavy (non-hydrogen) atoms. The Morgan fingerprint density at radius 2 is 2.40 bits per heavy atom. The van der Waals surface area contributed by atoms with Crippen molar-refractivity contribution in [3.05, 3.63) is 22.4 Å². The van der Waals surface area contributed by atoms with Crippen LogP contribution < -0.4 is 5.32 Å². The molecule has 0 radical (unpaired) electrons. The van der Waals surface area contributed by atoms with E-state index in [1.165, 1.54) is 11.3 Å². The first-order valence-corrected chi connectivity index (χ1v) is 8.26. The zero-order valence-corrected chi connectivity index (χ0v) is 12.9. The normalized spacial score (nSPS) is 22.2. The van der Waals surface area contributed by atoms with Gasteiger partial charge in [-0.2, -0.15) is 0 Å². The minimum atomic E-state index is 0.0475. The van der Waals surface area contributed by atoms with Gasteiger partial charge < -0.3 is 10.4 Å². The highest BCUT2D eigenvalue weighted by Gasteiger charge is 2.23. The van der Waals surface area contributed by atoms with Crippen molar-refractivity contribution in [2.45, 2.75) is 44.7 Å². The smallest absolute Gasteiger partial charge is 0.234 e. The van der Waals surface area contributed by atoms with Crippen molar-refractivity contribution in [3.63, 3.8) is 0 Å². The maximum atomic E-state index is 12.2. The third kappa shape index (κ3) is 4.30. The van der Waals surface area contributed by atoms with Crippen molar-refractivity contribution in [2.24, 2.45) is 0 Å². The van der Waals surface area contributed by atoms with Gasteiger partial charge in [-0.05, 0) is 37.8 Å². The maximum Gasteiger partial charge on any atom is 0.234 e. The predicted octanol–water partition coefficient (Wildman–Crippen LogP) is 2.16. The van der Waals surface area contributed by atoms with Gasteiger partial charge in [0.15, 0.2) is 0 Å². The SMILES string of the molecule is CC(NC(=O)CN1CCCCCC1CO)c1cccs1. The molecular weight excluding hydrogens is 272 g/mol. The summed E-state index contributed by atoms with van der Waals surface area (Å²) in [5.74, 6) is 0.0475. The lowest BCUT2D eigenvalue weighted by atomic mass is 10.1. The third-order valence-corrected chi connectivity index (χ3v) is 4.96. The number of aliphatic hydroxyl groups is 1. The van der Waals surface area contributed by atoms with Crippen molar-refractivity contribution >= 4 is 17.2 Å². The molecule has 1 saturated heterocycles. The molecule has 1 aliphatic heterocycles. The van der Waals surface area contributed by atoms with Crippen LogP contribution in [0, 0.1) is 0 Å². The standard InChI is InChI=1S/C15H24N2O2S/c1-12(14-7-5-9-20-14)16-15(19)10-17-8-4-2-3-6-13(17)11-18/h5,7,9,12-13,18H,2-4,6,8,10-11H2,1H3,(H,16,19). The number of amides is 1. The minimum Gasteiger partial charge on any atom is -0.395 e. The van der Waals surface area contributed by atoms with Gasteiger partial charge in [0, 0.05) is 10.9 Å². The Hall–Kier alpha value is -0.910. The van der Waals surface area contributed by atoms with Gasteiger partial charge in [0.25, 0.3) is 0 Å². The summed E-state index contributed by atoms with van der Waals surface area (Å²) in [6.07, 6.45) is 4.45. The largest absolute Gasteiger partial charge is 0.395 e. The summed E-state index contributed by atoms with van der Waals surface area (Å²) in [6.45, 7) is 3.45. The van der Waals surface area contributed by atoms with E-state index in [4.69, 9.17) is 0 Å². The van der Waals surface area contributed by atoms with E-state index >= 15 is 0 Å². The van der Waals surface area contributed by atoms with E-state index in [0.717, 1.165) is 25.8 Å². The van der Waals surface area contributed by atoms with Crippen LogP contribution in [-0.4, -0.2) is 41.7 Å². The number of rotatable bonds is 5. The van der Waals surface area contributed by atoms with E-state index in [9.17, 15) is 9.90 Å². The first kappa shape index (κ1) is 15.5. The molecule has 1 aliphatic rings. The van der Waals surface area contributed by atoms with Gasteiger partial charge in [-0.1, -0.05) is 18.9 Å². The Balaban J connectivity index is 1.86. The van der Waals surface area contributed by atoms with Crippen LogP contribution in [0.25, 0.3) is 0 Å². The number of nitrogens with one attached hydrogen (secondary N) is 1. The minimum absolute atomic E-state index is 0.0475. The average molecular weight is 296 g/mol. The van der Waals surface area contributed by atoms with E-state index in [-0.39, 0.29) is 24.6 Å². The molecule has 2 unspecified atom stereocenters. The van der Waals surface area contributed by atoms with Gasteiger partial charge in [-0.25, -0.2) is 0 Å². The molecule has 0 bridgehead atoms. The fraction of sp³-hybridized carbons (Fsp3) is 0.667. The number of hydrogen-bond acceptors (Lipinski definition) is 4. The predicted molar refractivity (Wildman–Crippen MR) is 81.8 cm³/mol. The van der Waals surface area contributed by atoms with Crippen molar-refractivity contribution in [3.8, 4) is 0 Å². The number of carbonyl (C=O) groups excluding carboxylic acids is 1. The van der Waals surface area contributed by atoms with Crippen LogP contribution in [0.15, 0.2) is 17.5 Å². The van der Waals surface area contributed by atoms with E-state index in [2.05, 4.69) is 10.2 Å². The average Bonchev–Trinajstić information content (AvgIpc) is 2.87. The van der Waals surface area contributed by atoms with E-state index in [1.54, 1.807) is 11.3 Å². The van der Waals surface area contributed by atoms with Gasteiger partial charge in [0.1, 0.15) is 0 Å². The molecular formula is C15H24N2O2S. The Morgan fingerprint density at radius 1 is 1.55 bits per heavy atom. The van der Waals surface area contributed by atoms with Crippen molar-refractivity contribution < 1.29 is 9.90 Å². The fourth-order valence-electron chi connectivity index (χ4n) is 2.73. The lowest BCUT2D eigenvalue weighted by molar-refractivity contribution is -0.123. The number of likely N-dealkylation sites (tertiary alicyclic amines) is 1. The summed E-state index contributed by atoms with van der Waals surface area (Å²) < 4.78 is 0. The molecule has 2 atom stereocenters. The summed E-state index contributed by atoms with van der Waals surface area (Å²) in [5, 5.41) is 14.5. The Morgan fingerprint density at radius 3 is 3.10 bits per heavy atom. The van der Waals surface area contributed by atoms with Crippen LogP contribution in [0.2, 0.25) is 0 Å². The second kappa shape index (κ2) is 7.76. The van der Waals surface area contributed by atoms with Crippen LogP contribution in [0.5, 0.6) is 0 Å². The molecule has 4 nitrogen and oxygen atoms in total. The molecule has 2 heterocycles. The molecule has 0 aliphatic carbocycles. The highest BCUT2D eigenvalue weighted by atomic mass is 32.1. The molecule has 0 saturated carbocycles. The lowest BCUT2D eigenvalue weighted by Crippen LogP contribution is -2.44. The number of nitrogens with zero attached hydrogens (tertiary/aromatic N) is 1. The first-order chi connectivity index (χ1) is 9.70. The van der Waals surface area contributed by atoms with Crippen LogP contribution >= 0.6 is 11.3 Å². The monoisotopic (exact) mass is 296 g/mol. The zero-order chi connectivity index (χ0) is 14.4. The molecule has 1 aromatic rings. The summed E-state index contributed by atoms with van der Waals surface area (Å²) >= 11 is 1.66. The number of hydrogen-bond donors (Lipinski definition) is 2. The van der Waals surface area contributed by atoms with Gasteiger partial charge in [0.05, 0.1) is 19.2 Å². The summed E-state index contributed by atoms with van der Waals surface area (Å²) in [5.41, 5.74) is 0. The van der Waals surface area contributed by atoms with Crippen LogP contribution in [0.4, 0.5) is 0 Å². The number of carbonyl (C=O) groups is 1. The molecule has 2 N–H and O–H groups in total. The molecule has 0 spiro atoms. The maximum absolute atomic E-state index is 12.2. The van der Waals surface area contributed by atoms with Crippen molar-refractivity contribution in [2.75, 3.05) is 19.7 Å². The van der Waals surface area contributed by atoms with Gasteiger partial charge in [-0.3, -0.25) is 9.69 Å². The van der Waals surface area contributed by atoms with Crippen molar-refractivity contribution in [1.82, 2.24) is 10.2 Å². The zero-order valence-electron chi connectivity index (χ0n) is 12.0. The number of thiophene rings is 1. The lowest BCUT2D eigenvalue weighted by Gasteiger charge is -2.28. The van der Waals surface area contributed by atoms with E-state index in [1.807, 2.05) is 24.4 Å². The summed E-state index contributed by atoms with van der Waals surface area (Å²) in [4.78, 5) is 15.5. The Kier molecular flexibility index (Phi) is 6.01. The topological polar surface area (TPSA) is 52.6 Å². The molecule has 0 aromatic carbocycles. The number of aliphatic hydroxyl groups excluding tert-OH is 1. The van der Waals surface area contributed by atoms with E-state index in [0.29, 0.717) is 6.54 Å². The van der Waals surface area contributed by atoms with Gasteiger partial charge in [0.2, 0.25) is 5.91 Å². The van der Waals surface area contributed by atoms with Crippen LogP contribution in [0.3, 0.4) is 0 Å². The quantitative estimate of drug-likeness (QED) is 0.875. The second-order valence-electron chi connectivity index (χ2n) is 5.46. The molecule has 1 fully saturated rings. The summed E-state index contributed by atoms with van der Waals surface area (Å²) in [6, 6.07) is 4.24. The molecule has 5 heteroatoms. The fourth-order valence-corrected chi connectivity index (χ4v) is 3.47. The highest BCUT2D eigenvalue weighted by molar-refractivity contribution is 7.10. The first-order valence-electron chi connectivity index (χ1n) is 7.38. The molecule has 1 amide bonds.